The molecular formula is C22H24N6O4S. The predicted molar refractivity (Wildman–Crippen MR) is 123 cm³/mol. The molecule has 0 aliphatic rings. The minimum absolute atomic E-state index is 0.0814. The van der Waals surface area contributed by atoms with Gasteiger partial charge in [-0.05, 0) is 51.0 Å². The van der Waals surface area contributed by atoms with Crippen LogP contribution in [0.5, 0.6) is 0 Å². The van der Waals surface area contributed by atoms with Crippen molar-refractivity contribution >= 4 is 15.7 Å². The molecule has 2 heterocycles. The smallest absolute Gasteiger partial charge is 0.258 e. The highest BCUT2D eigenvalue weighted by Crippen LogP contribution is 2.31. The van der Waals surface area contributed by atoms with Crippen molar-refractivity contribution in [1.82, 2.24) is 20.3 Å². The summed E-state index contributed by atoms with van der Waals surface area (Å²) in [4.78, 5) is 4.22. The zero-order valence-electron chi connectivity index (χ0n) is 18.4. The quantitative estimate of drug-likeness (QED) is 0.397. The second kappa shape index (κ2) is 8.75. The van der Waals surface area contributed by atoms with Crippen LogP contribution in [0.4, 0.5) is 5.69 Å². The molecular weight excluding hydrogens is 444 g/mol. The second-order valence-electron chi connectivity index (χ2n) is 7.94. The molecule has 2 aromatic heterocycles. The lowest BCUT2D eigenvalue weighted by molar-refractivity contribution is 0.355. The molecule has 3 N–H and O–H groups in total. The zero-order chi connectivity index (χ0) is 23.6. The van der Waals surface area contributed by atoms with E-state index >= 15 is 0 Å². The van der Waals surface area contributed by atoms with Gasteiger partial charge in [-0.25, -0.2) is 8.42 Å². The van der Waals surface area contributed by atoms with E-state index in [1.807, 2.05) is 37.3 Å². The van der Waals surface area contributed by atoms with E-state index in [9.17, 15) is 8.42 Å². The lowest BCUT2D eigenvalue weighted by Gasteiger charge is -2.20. The standard InChI is InChI=1S/C22H24N6O4S/c1-4-33(29,30)28-18-11-16(19-24-14(2)27-32-19)10-17(12-18)20-25-26-21(31-20)22(3,23)13-15-8-6-5-7-9-15/h5-12,28H,4,13,23H2,1-3H3/t22-/m0/s1. The summed E-state index contributed by atoms with van der Waals surface area (Å²) in [6.45, 7) is 5.06. The molecule has 4 rings (SSSR count). The third kappa shape index (κ3) is 5.26. The Labute approximate surface area is 191 Å². The van der Waals surface area contributed by atoms with Crippen LogP contribution in [-0.4, -0.2) is 34.5 Å². The van der Waals surface area contributed by atoms with Gasteiger partial charge in [-0.15, -0.1) is 10.2 Å². The first-order valence-electron chi connectivity index (χ1n) is 10.3. The molecule has 33 heavy (non-hydrogen) atoms. The summed E-state index contributed by atoms with van der Waals surface area (Å²) in [5, 5.41) is 12.1. The average Bonchev–Trinajstić information content (AvgIpc) is 3.44. The number of hydrogen-bond acceptors (Lipinski definition) is 9. The van der Waals surface area contributed by atoms with E-state index < -0.39 is 15.6 Å². The monoisotopic (exact) mass is 468 g/mol. The van der Waals surface area contributed by atoms with Gasteiger partial charge in [0.2, 0.25) is 21.8 Å². The first kappa shape index (κ1) is 22.6. The number of benzene rings is 2. The minimum atomic E-state index is -3.52. The molecule has 10 nitrogen and oxygen atoms in total. The molecule has 0 saturated heterocycles. The van der Waals surface area contributed by atoms with E-state index in [4.69, 9.17) is 14.7 Å². The van der Waals surface area contributed by atoms with Crippen LogP contribution in [-0.2, 0) is 22.0 Å². The predicted octanol–water partition coefficient (Wildman–Crippen LogP) is 3.27. The van der Waals surface area contributed by atoms with E-state index in [1.165, 1.54) is 0 Å². The first-order valence-corrected chi connectivity index (χ1v) is 11.9. The third-order valence-corrected chi connectivity index (χ3v) is 6.24. The number of nitrogens with two attached hydrogens (primary N) is 1. The summed E-state index contributed by atoms with van der Waals surface area (Å²) in [5.41, 5.74) is 7.91. The Kier molecular flexibility index (Phi) is 6.00. The van der Waals surface area contributed by atoms with Crippen molar-refractivity contribution in [2.24, 2.45) is 5.73 Å². The summed E-state index contributed by atoms with van der Waals surface area (Å²) < 4.78 is 38.0. The molecule has 11 heteroatoms. The van der Waals surface area contributed by atoms with Crippen LogP contribution in [0.3, 0.4) is 0 Å². The Bertz CT molecular complexity index is 1360. The van der Waals surface area contributed by atoms with Crippen LogP contribution < -0.4 is 10.5 Å². The molecule has 0 saturated carbocycles. The molecule has 0 bridgehead atoms. The van der Waals surface area contributed by atoms with Gasteiger partial charge in [-0.2, -0.15) is 4.98 Å². The van der Waals surface area contributed by atoms with Gasteiger partial charge in [0, 0.05) is 11.1 Å². The molecule has 0 unspecified atom stereocenters. The lowest BCUT2D eigenvalue weighted by atomic mass is 9.94. The van der Waals surface area contributed by atoms with Crippen LogP contribution in [0, 0.1) is 6.92 Å². The number of nitrogens with one attached hydrogen (secondary N) is 1. The Morgan fingerprint density at radius 1 is 1.06 bits per heavy atom. The van der Waals surface area contributed by atoms with Crippen molar-refractivity contribution in [3.8, 4) is 22.9 Å². The molecule has 2 aromatic carbocycles. The fourth-order valence-corrected chi connectivity index (χ4v) is 3.89. The normalized spacial score (nSPS) is 13.6. The van der Waals surface area contributed by atoms with Gasteiger partial charge in [0.1, 0.15) is 0 Å². The first-order chi connectivity index (χ1) is 15.6. The fourth-order valence-electron chi connectivity index (χ4n) is 3.27. The van der Waals surface area contributed by atoms with E-state index in [2.05, 4.69) is 25.1 Å². The second-order valence-corrected chi connectivity index (χ2v) is 9.95. The summed E-state index contributed by atoms with van der Waals surface area (Å²) in [5.74, 6) is 1.05. The number of hydrogen-bond donors (Lipinski definition) is 2. The summed E-state index contributed by atoms with van der Waals surface area (Å²) >= 11 is 0. The molecule has 0 radical (unpaired) electrons. The number of anilines is 1. The van der Waals surface area contributed by atoms with E-state index in [1.54, 1.807) is 32.0 Å². The highest BCUT2D eigenvalue weighted by Gasteiger charge is 2.29. The van der Waals surface area contributed by atoms with Crippen molar-refractivity contribution in [2.75, 3.05) is 10.5 Å². The van der Waals surface area contributed by atoms with E-state index in [0.29, 0.717) is 29.1 Å². The van der Waals surface area contributed by atoms with Crippen LogP contribution in [0.15, 0.2) is 57.5 Å². The van der Waals surface area contributed by atoms with Crippen molar-refractivity contribution in [3.05, 3.63) is 65.8 Å². The van der Waals surface area contributed by atoms with E-state index in [0.717, 1.165) is 5.56 Å². The Morgan fingerprint density at radius 3 is 2.39 bits per heavy atom. The highest BCUT2D eigenvalue weighted by atomic mass is 32.2. The molecule has 4 aromatic rings. The van der Waals surface area contributed by atoms with Gasteiger partial charge in [0.25, 0.3) is 5.89 Å². The van der Waals surface area contributed by atoms with Crippen molar-refractivity contribution in [3.63, 3.8) is 0 Å². The average molecular weight is 469 g/mol. The van der Waals surface area contributed by atoms with Gasteiger partial charge >= 0.3 is 0 Å². The minimum Gasteiger partial charge on any atom is -0.419 e. The zero-order valence-corrected chi connectivity index (χ0v) is 19.3. The van der Waals surface area contributed by atoms with Crippen LogP contribution in [0.25, 0.3) is 22.9 Å². The molecule has 0 aliphatic heterocycles. The Morgan fingerprint density at radius 2 is 1.76 bits per heavy atom. The van der Waals surface area contributed by atoms with Crippen molar-refractivity contribution < 1.29 is 17.4 Å². The Hall–Kier alpha value is -3.57. The van der Waals surface area contributed by atoms with Gasteiger partial charge < -0.3 is 14.7 Å². The lowest BCUT2D eigenvalue weighted by Crippen LogP contribution is -2.35. The fraction of sp³-hybridized carbons (Fsp3) is 0.273. The van der Waals surface area contributed by atoms with Crippen molar-refractivity contribution in [2.45, 2.75) is 32.7 Å². The number of sulfonamides is 1. The largest absolute Gasteiger partial charge is 0.419 e. The maximum absolute atomic E-state index is 12.1. The van der Waals surface area contributed by atoms with E-state index in [-0.39, 0.29) is 23.4 Å². The maximum Gasteiger partial charge on any atom is 0.258 e. The molecule has 0 fully saturated rings. The summed E-state index contributed by atoms with van der Waals surface area (Å²) in [6, 6.07) is 14.7. The summed E-state index contributed by atoms with van der Waals surface area (Å²) in [6.07, 6.45) is 0.498. The third-order valence-electron chi connectivity index (χ3n) is 4.94. The molecule has 0 aliphatic carbocycles. The van der Waals surface area contributed by atoms with Crippen LogP contribution in [0.2, 0.25) is 0 Å². The number of nitrogens with zero attached hydrogens (tertiary/aromatic N) is 4. The summed E-state index contributed by atoms with van der Waals surface area (Å²) in [7, 11) is -3.52. The molecule has 172 valence electrons. The van der Waals surface area contributed by atoms with Gasteiger partial charge in [0.15, 0.2) is 5.82 Å². The maximum atomic E-state index is 12.1. The van der Waals surface area contributed by atoms with Gasteiger partial charge in [-0.3, -0.25) is 4.72 Å². The number of aromatic nitrogens is 4. The molecule has 0 amide bonds. The van der Waals surface area contributed by atoms with Crippen LogP contribution in [0.1, 0.15) is 31.1 Å². The Balaban J connectivity index is 1.71. The molecule has 1 atom stereocenters. The number of rotatable bonds is 8. The van der Waals surface area contributed by atoms with Gasteiger partial charge in [0.05, 0.1) is 17.0 Å². The number of aryl methyl sites for hydroxylation is 1. The topological polar surface area (TPSA) is 150 Å². The highest BCUT2D eigenvalue weighted by molar-refractivity contribution is 7.92. The SMILES string of the molecule is CCS(=O)(=O)Nc1cc(-c2nc(C)no2)cc(-c2nnc([C@@](C)(N)Cc3ccccc3)o2)c1. The molecule has 0 spiro atoms. The van der Waals surface area contributed by atoms with Gasteiger partial charge in [-0.1, -0.05) is 35.5 Å². The van der Waals surface area contributed by atoms with Crippen LogP contribution >= 0.6 is 0 Å². The van der Waals surface area contributed by atoms with Crippen molar-refractivity contribution in [1.29, 1.82) is 0 Å².